The molecule has 5 atom stereocenters. The molecule has 94 heavy (non-hydrogen) atoms. The summed E-state index contributed by atoms with van der Waals surface area (Å²) in [7, 11) is -9.94. The van der Waals surface area contributed by atoms with Gasteiger partial charge in [0, 0.05) is 25.7 Å². The molecule has 3 N–H and O–H groups in total. The lowest BCUT2D eigenvalue weighted by Gasteiger charge is -2.21. The Kier molecular flexibility index (Phi) is 65.5. The van der Waals surface area contributed by atoms with E-state index in [1.165, 1.54) is 77.0 Å². The molecular weight excluding hydrogens is 1230 g/mol. The number of esters is 4. The predicted octanol–water partition coefficient (Wildman–Crippen LogP) is 20.9. The fourth-order valence-corrected chi connectivity index (χ4v) is 11.4. The van der Waals surface area contributed by atoms with Gasteiger partial charge in [0.25, 0.3) is 0 Å². The van der Waals surface area contributed by atoms with Crippen molar-refractivity contribution < 1.29 is 80.2 Å². The summed E-state index contributed by atoms with van der Waals surface area (Å²) in [4.78, 5) is 72.7. The maximum absolute atomic E-state index is 13.0. The highest BCUT2D eigenvalue weighted by Crippen LogP contribution is 2.45. The van der Waals surface area contributed by atoms with Crippen molar-refractivity contribution in [3.05, 3.63) is 72.9 Å². The van der Waals surface area contributed by atoms with Crippen LogP contribution in [0.5, 0.6) is 0 Å². The van der Waals surface area contributed by atoms with E-state index in [-0.39, 0.29) is 25.7 Å². The molecule has 546 valence electrons. The second kappa shape index (κ2) is 68.0. The Morgan fingerprint density at radius 3 is 0.851 bits per heavy atom. The summed E-state index contributed by atoms with van der Waals surface area (Å²) < 4.78 is 68.3. The van der Waals surface area contributed by atoms with Crippen LogP contribution >= 0.6 is 15.6 Å². The molecule has 0 radical (unpaired) electrons. The highest BCUT2D eigenvalue weighted by Gasteiger charge is 2.30. The molecule has 19 heteroatoms. The van der Waals surface area contributed by atoms with E-state index in [0.29, 0.717) is 25.7 Å². The summed E-state index contributed by atoms with van der Waals surface area (Å²) in [5, 5.41) is 10.6. The first-order valence-corrected chi connectivity index (χ1v) is 40.2. The Bertz CT molecular complexity index is 2070. The zero-order valence-electron chi connectivity index (χ0n) is 59.4. The number of hydrogen-bond acceptors (Lipinski definition) is 15. The minimum atomic E-state index is -4.97. The van der Waals surface area contributed by atoms with Crippen LogP contribution in [0.1, 0.15) is 323 Å². The molecule has 5 unspecified atom stereocenters. The van der Waals surface area contributed by atoms with E-state index in [4.69, 9.17) is 37.0 Å². The number of aliphatic hydroxyl groups excluding tert-OH is 1. The van der Waals surface area contributed by atoms with E-state index in [1.807, 2.05) is 0 Å². The predicted molar refractivity (Wildman–Crippen MR) is 381 cm³/mol. The Hall–Kier alpha value is -3.50. The quantitative estimate of drug-likeness (QED) is 0.0169. The van der Waals surface area contributed by atoms with E-state index < -0.39 is 97.5 Å². The lowest BCUT2D eigenvalue weighted by molar-refractivity contribution is -0.161. The number of allylic oxidation sites excluding steroid dienone is 12. The highest BCUT2D eigenvalue weighted by atomic mass is 31.2. The summed E-state index contributed by atoms with van der Waals surface area (Å²) in [6, 6.07) is 0. The number of rotatable bonds is 70. The van der Waals surface area contributed by atoms with Crippen LogP contribution in [-0.4, -0.2) is 96.7 Å². The monoisotopic (exact) mass is 1370 g/mol. The van der Waals surface area contributed by atoms with Crippen LogP contribution in [0.15, 0.2) is 72.9 Å². The van der Waals surface area contributed by atoms with Crippen LogP contribution in [0, 0.1) is 0 Å². The number of phosphoric ester groups is 2. The molecule has 0 amide bonds. The molecule has 0 aliphatic rings. The Labute approximate surface area is 571 Å². The Morgan fingerprint density at radius 2 is 0.532 bits per heavy atom. The summed E-state index contributed by atoms with van der Waals surface area (Å²) in [6.45, 7) is 4.73. The van der Waals surface area contributed by atoms with Crippen molar-refractivity contribution in [2.75, 3.05) is 39.6 Å². The lowest BCUT2D eigenvalue weighted by atomic mass is 10.1. The van der Waals surface area contributed by atoms with Gasteiger partial charge in [-0.05, 0) is 135 Å². The minimum Gasteiger partial charge on any atom is -0.462 e. The summed E-state index contributed by atoms with van der Waals surface area (Å²) in [5.74, 6) is -2.21. The van der Waals surface area contributed by atoms with Gasteiger partial charge >= 0.3 is 39.5 Å². The summed E-state index contributed by atoms with van der Waals surface area (Å²) in [6.07, 6.45) is 66.1. The average Bonchev–Trinajstić information content (AvgIpc) is 2.22. The van der Waals surface area contributed by atoms with E-state index in [0.717, 1.165) is 167 Å². The highest BCUT2D eigenvalue weighted by molar-refractivity contribution is 7.47. The van der Waals surface area contributed by atoms with Gasteiger partial charge in [-0.25, -0.2) is 9.13 Å². The van der Waals surface area contributed by atoms with Gasteiger partial charge < -0.3 is 33.8 Å². The summed E-state index contributed by atoms with van der Waals surface area (Å²) >= 11 is 0. The first kappa shape index (κ1) is 90.5. The zero-order chi connectivity index (χ0) is 69.0. The number of hydrogen-bond donors (Lipinski definition) is 3. The Balaban J connectivity index is 5.33. The van der Waals surface area contributed by atoms with Crippen molar-refractivity contribution in [3.8, 4) is 0 Å². The zero-order valence-corrected chi connectivity index (χ0v) is 61.2. The first-order chi connectivity index (χ1) is 45.7. The molecule has 0 rings (SSSR count). The molecule has 0 saturated carbocycles. The smallest absolute Gasteiger partial charge is 0.462 e. The van der Waals surface area contributed by atoms with Crippen LogP contribution in [0.4, 0.5) is 0 Å². The molecule has 0 aromatic carbocycles. The Morgan fingerprint density at radius 1 is 0.298 bits per heavy atom. The first-order valence-electron chi connectivity index (χ1n) is 37.2. The maximum atomic E-state index is 13.0. The van der Waals surface area contributed by atoms with Crippen molar-refractivity contribution in [2.45, 2.75) is 341 Å². The van der Waals surface area contributed by atoms with Crippen molar-refractivity contribution in [2.24, 2.45) is 0 Å². The van der Waals surface area contributed by atoms with Crippen molar-refractivity contribution in [3.63, 3.8) is 0 Å². The minimum absolute atomic E-state index is 0.0831. The number of carbonyl (C=O) groups is 4. The molecule has 0 aromatic rings. The standard InChI is InChI=1S/C75H134O17P2/c1-5-9-13-17-21-25-29-32-34-37-40-43-47-51-55-59-72(77)85-65-70(91-74(79)61-57-53-49-45-39-28-24-20-16-12-8-4)67-89-93(81,82)87-63-69(76)64-88-94(83,84)90-68-71(92-75(80)62-58-54-50-46-42-36-31-27-23-19-15-11-7-3)66-86-73(78)60-56-52-48-44-41-38-35-33-30-26-22-18-14-10-6-2/h20-22,24-27,31-35,69-71,76H,5-19,23,28-30,36-68H2,1-4H3,(H,81,82)(H,83,84)/b24-20-,25-21-,26-22-,31-27-,34-32-,35-33-. The van der Waals surface area contributed by atoms with Gasteiger partial charge in [-0.3, -0.25) is 37.3 Å². The number of aliphatic hydroxyl groups is 1. The molecule has 0 saturated heterocycles. The van der Waals surface area contributed by atoms with Crippen molar-refractivity contribution in [1.29, 1.82) is 0 Å². The van der Waals surface area contributed by atoms with Gasteiger partial charge in [-0.2, -0.15) is 0 Å². The van der Waals surface area contributed by atoms with Gasteiger partial charge in [0.1, 0.15) is 19.3 Å². The van der Waals surface area contributed by atoms with E-state index in [2.05, 4.69) is 101 Å². The normalized spacial score (nSPS) is 14.4. The molecule has 0 aliphatic carbocycles. The third-order valence-electron chi connectivity index (χ3n) is 15.6. The topological polar surface area (TPSA) is 237 Å². The lowest BCUT2D eigenvalue weighted by Crippen LogP contribution is -2.30. The molecule has 0 aliphatic heterocycles. The van der Waals surface area contributed by atoms with E-state index >= 15 is 0 Å². The van der Waals surface area contributed by atoms with Crippen molar-refractivity contribution >= 4 is 39.5 Å². The second-order valence-electron chi connectivity index (χ2n) is 24.9. The van der Waals surface area contributed by atoms with Crippen LogP contribution in [0.3, 0.4) is 0 Å². The van der Waals surface area contributed by atoms with Crippen LogP contribution in [0.25, 0.3) is 0 Å². The number of carbonyl (C=O) groups excluding carboxylic acids is 4. The van der Waals surface area contributed by atoms with Gasteiger partial charge in [-0.15, -0.1) is 0 Å². The van der Waals surface area contributed by atoms with Gasteiger partial charge in [0.15, 0.2) is 12.2 Å². The summed E-state index contributed by atoms with van der Waals surface area (Å²) in [5.41, 5.74) is 0. The van der Waals surface area contributed by atoms with Crippen LogP contribution < -0.4 is 0 Å². The molecular formula is C75H134O17P2. The van der Waals surface area contributed by atoms with Gasteiger partial charge in [0.05, 0.1) is 26.4 Å². The van der Waals surface area contributed by atoms with Crippen molar-refractivity contribution in [1.82, 2.24) is 0 Å². The molecule has 0 fully saturated rings. The SMILES string of the molecule is CCCC/C=C\CCCCCCCC(=O)OC(COC(=O)CCCCCCC/C=C\C/C=C\CCCCC)COP(=O)(O)OCC(O)COP(=O)(O)OCC(COC(=O)CCCCCCC/C=C\C/C=C\CCCCC)OC(=O)CCCCCCC/C=C\CCCCCC. The number of phosphoric acid groups is 2. The molecule has 0 heterocycles. The number of unbranched alkanes of at least 4 members (excludes halogenated alkanes) is 32. The number of ether oxygens (including phenoxy) is 4. The molecule has 0 spiro atoms. The van der Waals surface area contributed by atoms with Crippen LogP contribution in [0.2, 0.25) is 0 Å². The largest absolute Gasteiger partial charge is 0.472 e. The van der Waals surface area contributed by atoms with Gasteiger partial charge in [-0.1, -0.05) is 235 Å². The third-order valence-corrected chi connectivity index (χ3v) is 17.5. The third kappa shape index (κ3) is 67.1. The molecule has 0 bridgehead atoms. The fourth-order valence-electron chi connectivity index (χ4n) is 9.84. The molecule has 17 nitrogen and oxygen atoms in total. The van der Waals surface area contributed by atoms with Gasteiger partial charge in [0.2, 0.25) is 0 Å². The van der Waals surface area contributed by atoms with E-state index in [9.17, 15) is 43.2 Å². The second-order valence-corrected chi connectivity index (χ2v) is 27.8. The maximum Gasteiger partial charge on any atom is 0.472 e. The van der Waals surface area contributed by atoms with E-state index in [1.54, 1.807) is 0 Å². The fraction of sp³-hybridized carbons (Fsp3) is 0.787. The average molecular weight is 1370 g/mol. The molecule has 0 aromatic heterocycles. The van der Waals surface area contributed by atoms with Crippen LogP contribution in [-0.2, 0) is 65.4 Å².